The fraction of sp³-hybridized carbons (Fsp3) is 0.0556. The topological polar surface area (TPSA) is 71.9 Å². The molecule has 0 fully saturated rings. The van der Waals surface area contributed by atoms with E-state index < -0.39 is 0 Å². The van der Waals surface area contributed by atoms with Crippen LogP contribution in [0.15, 0.2) is 53.1 Å². The third kappa shape index (κ3) is 4.38. The second kappa shape index (κ2) is 7.84. The lowest BCUT2D eigenvalue weighted by Crippen LogP contribution is -1.92. The van der Waals surface area contributed by atoms with Gasteiger partial charge in [0.25, 0.3) is 5.89 Å². The molecule has 0 bridgehead atoms. The zero-order valence-corrected chi connectivity index (χ0v) is 14.3. The van der Waals surface area contributed by atoms with E-state index in [0.717, 1.165) is 11.1 Å². The van der Waals surface area contributed by atoms with Crippen LogP contribution in [0.4, 0.5) is 0 Å². The molecule has 1 heterocycles. The van der Waals surface area contributed by atoms with Crippen molar-refractivity contribution in [2.24, 2.45) is 0 Å². The van der Waals surface area contributed by atoms with Crippen LogP contribution in [0.3, 0.4) is 0 Å². The molecule has 0 saturated carbocycles. The number of hydrogen-bond acceptors (Lipinski definition) is 5. The molecule has 25 heavy (non-hydrogen) atoms. The normalized spacial score (nSPS) is 11.2. The maximum atomic E-state index is 8.49. The average molecular weight is 372 g/mol. The molecule has 0 aliphatic carbocycles. The summed E-state index contributed by atoms with van der Waals surface area (Å²) in [5, 5.41) is 13.3. The van der Waals surface area contributed by atoms with Crippen LogP contribution in [-0.4, -0.2) is 16.7 Å². The van der Waals surface area contributed by atoms with E-state index in [1.54, 1.807) is 36.4 Å². The summed E-state index contributed by atoms with van der Waals surface area (Å²) in [5.74, 6) is 1.22. The van der Waals surface area contributed by atoms with Crippen LogP contribution in [0.5, 0.6) is 5.75 Å². The van der Waals surface area contributed by atoms with Crippen LogP contribution >= 0.6 is 23.2 Å². The number of hydrogen-bond donors (Lipinski definition) is 0. The number of rotatable bonds is 5. The Labute approximate surface area is 154 Å². The minimum Gasteiger partial charge on any atom is -0.479 e. The van der Waals surface area contributed by atoms with Crippen molar-refractivity contribution in [1.29, 1.82) is 5.26 Å². The first-order chi connectivity index (χ1) is 12.2. The van der Waals surface area contributed by atoms with Gasteiger partial charge >= 0.3 is 0 Å². The highest BCUT2D eigenvalue weighted by atomic mass is 35.5. The Kier molecular flexibility index (Phi) is 5.34. The van der Waals surface area contributed by atoms with E-state index in [1.165, 1.54) is 0 Å². The second-order valence-corrected chi connectivity index (χ2v) is 5.79. The molecule has 7 heteroatoms. The number of aromatic nitrogens is 2. The first-order valence-corrected chi connectivity index (χ1v) is 7.98. The fourth-order valence-electron chi connectivity index (χ4n) is 2.05. The summed E-state index contributed by atoms with van der Waals surface area (Å²) >= 11 is 12.2. The number of benzene rings is 2. The summed E-state index contributed by atoms with van der Waals surface area (Å²) < 4.78 is 10.4. The maximum Gasteiger partial charge on any atom is 0.269 e. The monoisotopic (exact) mass is 371 g/mol. The van der Waals surface area contributed by atoms with Crippen molar-refractivity contribution in [2.75, 3.05) is 6.61 Å². The highest BCUT2D eigenvalue weighted by Gasteiger charge is 2.11. The molecule has 0 N–H and O–H groups in total. The summed E-state index contributed by atoms with van der Waals surface area (Å²) in [5.41, 5.74) is 1.57. The smallest absolute Gasteiger partial charge is 0.269 e. The van der Waals surface area contributed by atoms with Gasteiger partial charge in [0.15, 0.2) is 6.61 Å². The zero-order valence-electron chi connectivity index (χ0n) is 12.8. The van der Waals surface area contributed by atoms with E-state index in [9.17, 15) is 0 Å². The first kappa shape index (κ1) is 17.0. The fourth-order valence-corrected chi connectivity index (χ4v) is 2.44. The van der Waals surface area contributed by atoms with E-state index in [0.29, 0.717) is 21.6 Å². The molecule has 0 aliphatic heterocycles. The van der Waals surface area contributed by atoms with Gasteiger partial charge < -0.3 is 9.26 Å². The van der Waals surface area contributed by atoms with Crippen molar-refractivity contribution in [1.82, 2.24) is 10.1 Å². The van der Waals surface area contributed by atoms with Gasteiger partial charge in [0.05, 0.1) is 0 Å². The van der Waals surface area contributed by atoms with Crippen LogP contribution in [0.1, 0.15) is 11.5 Å². The van der Waals surface area contributed by atoms with Gasteiger partial charge in [-0.25, -0.2) is 0 Å². The Bertz CT molecular complexity index is 943. The largest absolute Gasteiger partial charge is 0.479 e. The molecule has 0 spiro atoms. The van der Waals surface area contributed by atoms with Crippen molar-refractivity contribution < 1.29 is 9.26 Å². The number of nitriles is 1. The van der Waals surface area contributed by atoms with Gasteiger partial charge in [-0.15, -0.1) is 0 Å². The zero-order chi connectivity index (χ0) is 17.6. The molecular weight excluding hydrogens is 361 g/mol. The average Bonchev–Trinajstić information content (AvgIpc) is 3.11. The SMILES string of the molecule is N#CCOc1ccc(/C=C(\Cl)c2nc(-c3cccc(Cl)c3)no2)cc1. The lowest BCUT2D eigenvalue weighted by molar-refractivity contribution is 0.368. The van der Waals surface area contributed by atoms with E-state index in [4.69, 9.17) is 37.7 Å². The lowest BCUT2D eigenvalue weighted by Gasteiger charge is -2.01. The minimum absolute atomic E-state index is 0.00417. The molecule has 0 aliphatic rings. The van der Waals surface area contributed by atoms with E-state index >= 15 is 0 Å². The Hall–Kier alpha value is -2.81. The van der Waals surface area contributed by atoms with Gasteiger partial charge in [-0.1, -0.05) is 52.6 Å². The van der Waals surface area contributed by atoms with Gasteiger partial charge in [-0.2, -0.15) is 10.2 Å². The molecule has 0 amide bonds. The summed E-state index contributed by atoms with van der Waals surface area (Å²) in [6.45, 7) is 0.00417. The molecule has 0 radical (unpaired) electrons. The Morgan fingerprint density at radius 1 is 1.24 bits per heavy atom. The first-order valence-electron chi connectivity index (χ1n) is 7.23. The standard InChI is InChI=1S/C18H11Cl2N3O2/c19-14-3-1-2-13(11-14)17-22-18(25-23-17)16(20)10-12-4-6-15(7-5-12)24-9-8-21/h1-7,10-11H,9H2/b16-10-. The van der Waals surface area contributed by atoms with Crippen LogP contribution in [-0.2, 0) is 0 Å². The van der Waals surface area contributed by atoms with E-state index in [1.807, 2.05) is 24.3 Å². The second-order valence-electron chi connectivity index (χ2n) is 4.94. The summed E-state index contributed by atoms with van der Waals surface area (Å²) in [4.78, 5) is 4.28. The van der Waals surface area contributed by atoms with Crippen LogP contribution in [0.25, 0.3) is 22.5 Å². The number of ether oxygens (including phenoxy) is 1. The molecular formula is C18H11Cl2N3O2. The van der Waals surface area contributed by atoms with Gasteiger partial charge in [-0.05, 0) is 35.9 Å². The third-order valence-electron chi connectivity index (χ3n) is 3.19. The Morgan fingerprint density at radius 2 is 2.04 bits per heavy atom. The van der Waals surface area contributed by atoms with Crippen molar-refractivity contribution in [2.45, 2.75) is 0 Å². The van der Waals surface area contributed by atoms with Gasteiger partial charge in [0.1, 0.15) is 16.9 Å². The molecule has 1 aromatic heterocycles. The maximum absolute atomic E-state index is 8.49. The minimum atomic E-state index is 0.00417. The summed E-state index contributed by atoms with van der Waals surface area (Å²) in [6.07, 6.45) is 1.70. The van der Waals surface area contributed by atoms with Crippen LogP contribution in [0, 0.1) is 11.3 Å². The van der Waals surface area contributed by atoms with Gasteiger partial charge in [-0.3, -0.25) is 0 Å². The van der Waals surface area contributed by atoms with Crippen molar-refractivity contribution in [3.05, 3.63) is 65.0 Å². The molecule has 0 atom stereocenters. The number of halogens is 2. The molecule has 5 nitrogen and oxygen atoms in total. The molecule has 0 unspecified atom stereocenters. The molecule has 2 aromatic carbocycles. The van der Waals surface area contributed by atoms with Crippen molar-refractivity contribution >= 4 is 34.3 Å². The number of nitrogens with zero attached hydrogens (tertiary/aromatic N) is 3. The predicted molar refractivity (Wildman–Crippen MR) is 96.0 cm³/mol. The van der Waals surface area contributed by atoms with E-state index in [2.05, 4.69) is 10.1 Å². The lowest BCUT2D eigenvalue weighted by atomic mass is 10.2. The Balaban J connectivity index is 1.78. The van der Waals surface area contributed by atoms with Crippen molar-refractivity contribution in [3.63, 3.8) is 0 Å². The molecule has 124 valence electrons. The third-order valence-corrected chi connectivity index (χ3v) is 3.70. The molecule has 0 saturated heterocycles. The quantitative estimate of drug-likeness (QED) is 0.628. The van der Waals surface area contributed by atoms with Gasteiger partial charge in [0.2, 0.25) is 5.82 Å². The summed E-state index contributed by atoms with van der Waals surface area (Å²) in [6, 6.07) is 16.2. The predicted octanol–water partition coefficient (Wildman–Crippen LogP) is 5.03. The highest BCUT2D eigenvalue weighted by molar-refractivity contribution is 6.50. The Morgan fingerprint density at radius 3 is 2.76 bits per heavy atom. The highest BCUT2D eigenvalue weighted by Crippen LogP contribution is 2.25. The van der Waals surface area contributed by atoms with Gasteiger partial charge in [0, 0.05) is 10.6 Å². The summed E-state index contributed by atoms with van der Waals surface area (Å²) in [7, 11) is 0. The van der Waals surface area contributed by atoms with Crippen LogP contribution in [0.2, 0.25) is 5.02 Å². The van der Waals surface area contributed by atoms with Crippen LogP contribution < -0.4 is 4.74 Å². The van der Waals surface area contributed by atoms with E-state index in [-0.39, 0.29) is 12.5 Å². The van der Waals surface area contributed by atoms with Crippen molar-refractivity contribution in [3.8, 4) is 23.2 Å². The molecule has 3 rings (SSSR count). The molecule has 3 aromatic rings.